The second kappa shape index (κ2) is 4.78. The normalized spacial score (nSPS) is 28.7. The molecule has 4 nitrogen and oxygen atoms in total. The van der Waals surface area contributed by atoms with Crippen molar-refractivity contribution in [3.63, 3.8) is 0 Å². The Balaban J connectivity index is 2.04. The third-order valence-electron chi connectivity index (χ3n) is 4.20. The molecule has 1 saturated heterocycles. The van der Waals surface area contributed by atoms with Crippen molar-refractivity contribution in [2.75, 3.05) is 12.0 Å². The zero-order valence-corrected chi connectivity index (χ0v) is 11.6. The van der Waals surface area contributed by atoms with Gasteiger partial charge in [0.1, 0.15) is 5.75 Å². The molecule has 1 aliphatic carbocycles. The maximum absolute atomic E-state index is 12.6. The van der Waals surface area contributed by atoms with Crippen molar-refractivity contribution in [1.82, 2.24) is 0 Å². The minimum absolute atomic E-state index is 0.102. The van der Waals surface area contributed by atoms with E-state index in [1.54, 1.807) is 19.2 Å². The van der Waals surface area contributed by atoms with Gasteiger partial charge in [0.05, 0.1) is 24.6 Å². The number of carbonyl (C=O) groups excluding carboxylic acids is 2. The third kappa shape index (κ3) is 1.75. The molecule has 0 spiro atoms. The van der Waals surface area contributed by atoms with E-state index in [2.05, 4.69) is 0 Å². The van der Waals surface area contributed by atoms with Crippen LogP contribution in [0.1, 0.15) is 13.3 Å². The Morgan fingerprint density at radius 3 is 2.65 bits per heavy atom. The van der Waals surface area contributed by atoms with Crippen molar-refractivity contribution < 1.29 is 14.3 Å². The van der Waals surface area contributed by atoms with Crippen LogP contribution in [0.5, 0.6) is 5.75 Å². The second-order valence-electron chi connectivity index (χ2n) is 5.34. The van der Waals surface area contributed by atoms with E-state index in [1.807, 2.05) is 31.2 Å². The summed E-state index contributed by atoms with van der Waals surface area (Å²) in [6, 6.07) is 7.15. The zero-order chi connectivity index (χ0) is 14.3. The Hall–Kier alpha value is -2.10. The molecule has 3 atom stereocenters. The van der Waals surface area contributed by atoms with Gasteiger partial charge in [-0.3, -0.25) is 9.59 Å². The molecular weight excluding hydrogens is 254 g/mol. The quantitative estimate of drug-likeness (QED) is 0.613. The molecule has 0 N–H and O–H groups in total. The van der Waals surface area contributed by atoms with Gasteiger partial charge >= 0.3 is 0 Å². The molecule has 1 aliphatic heterocycles. The topological polar surface area (TPSA) is 46.6 Å². The molecular formula is C16H17NO3. The molecule has 0 saturated carbocycles. The molecule has 0 aromatic heterocycles. The molecule has 1 aromatic rings. The number of benzene rings is 1. The van der Waals surface area contributed by atoms with Crippen LogP contribution in [0.25, 0.3) is 0 Å². The maximum Gasteiger partial charge on any atom is 0.238 e. The van der Waals surface area contributed by atoms with Crippen molar-refractivity contribution in [3.05, 3.63) is 36.4 Å². The lowest BCUT2D eigenvalue weighted by Gasteiger charge is -2.22. The van der Waals surface area contributed by atoms with Crippen molar-refractivity contribution in [2.24, 2.45) is 17.8 Å². The second-order valence-corrected chi connectivity index (χ2v) is 5.34. The predicted molar refractivity (Wildman–Crippen MR) is 75.4 cm³/mol. The molecule has 4 heteroatoms. The highest BCUT2D eigenvalue weighted by molar-refractivity contribution is 6.23. The highest BCUT2D eigenvalue weighted by Gasteiger charge is 2.50. The van der Waals surface area contributed by atoms with E-state index in [1.165, 1.54) is 4.90 Å². The minimum atomic E-state index is -0.239. The van der Waals surface area contributed by atoms with E-state index >= 15 is 0 Å². The molecule has 3 rings (SSSR count). The van der Waals surface area contributed by atoms with Gasteiger partial charge in [0.15, 0.2) is 0 Å². The van der Waals surface area contributed by atoms with E-state index in [0.29, 0.717) is 17.9 Å². The number of para-hydroxylation sites is 2. The van der Waals surface area contributed by atoms with Crippen molar-refractivity contribution in [2.45, 2.75) is 13.3 Å². The lowest BCUT2D eigenvalue weighted by Crippen LogP contribution is -2.31. The van der Waals surface area contributed by atoms with Gasteiger partial charge in [0, 0.05) is 0 Å². The maximum atomic E-state index is 12.6. The molecule has 0 unspecified atom stereocenters. The van der Waals surface area contributed by atoms with Crippen LogP contribution in [-0.4, -0.2) is 18.9 Å². The number of imide groups is 1. The van der Waals surface area contributed by atoms with Crippen LogP contribution in [0.4, 0.5) is 5.69 Å². The molecule has 1 aromatic carbocycles. The lowest BCUT2D eigenvalue weighted by molar-refractivity contribution is -0.122. The van der Waals surface area contributed by atoms with Gasteiger partial charge in [-0.05, 0) is 24.5 Å². The van der Waals surface area contributed by atoms with Crippen LogP contribution < -0.4 is 9.64 Å². The molecule has 2 amide bonds. The van der Waals surface area contributed by atoms with Crippen molar-refractivity contribution >= 4 is 17.5 Å². The SMILES string of the molecule is COc1ccccc1N1C(=O)[C@H]2[C@H](CC=C[C@@H]2C)C1=O. The number of amides is 2. The average molecular weight is 271 g/mol. The Morgan fingerprint density at radius 2 is 1.95 bits per heavy atom. The summed E-state index contributed by atoms with van der Waals surface area (Å²) in [5.41, 5.74) is 0.548. The summed E-state index contributed by atoms with van der Waals surface area (Å²) in [5.74, 6) is -0.0368. The number of rotatable bonds is 2. The molecule has 0 radical (unpaired) electrons. The van der Waals surface area contributed by atoms with Crippen LogP contribution in [-0.2, 0) is 9.59 Å². The lowest BCUT2D eigenvalue weighted by atomic mass is 9.78. The Labute approximate surface area is 118 Å². The van der Waals surface area contributed by atoms with E-state index in [-0.39, 0.29) is 29.6 Å². The minimum Gasteiger partial charge on any atom is -0.495 e. The monoisotopic (exact) mass is 271 g/mol. The van der Waals surface area contributed by atoms with Gasteiger partial charge < -0.3 is 4.74 Å². The summed E-state index contributed by atoms with van der Waals surface area (Å²) in [6.45, 7) is 1.99. The largest absolute Gasteiger partial charge is 0.495 e. The molecule has 1 fully saturated rings. The first-order valence-corrected chi connectivity index (χ1v) is 6.82. The third-order valence-corrected chi connectivity index (χ3v) is 4.20. The zero-order valence-electron chi connectivity index (χ0n) is 11.6. The molecule has 0 bridgehead atoms. The fourth-order valence-electron chi connectivity index (χ4n) is 3.20. The highest BCUT2D eigenvalue weighted by Crippen LogP contribution is 2.42. The average Bonchev–Trinajstić information content (AvgIpc) is 2.72. The van der Waals surface area contributed by atoms with Crippen LogP contribution >= 0.6 is 0 Å². The fourth-order valence-corrected chi connectivity index (χ4v) is 3.20. The number of carbonyl (C=O) groups is 2. The molecule has 20 heavy (non-hydrogen) atoms. The summed E-state index contributed by atoms with van der Waals surface area (Å²) in [7, 11) is 1.54. The van der Waals surface area contributed by atoms with Crippen LogP contribution in [0.15, 0.2) is 36.4 Å². The smallest absolute Gasteiger partial charge is 0.238 e. The van der Waals surface area contributed by atoms with E-state index in [9.17, 15) is 9.59 Å². The number of ether oxygens (including phenoxy) is 1. The van der Waals surface area contributed by atoms with Crippen LogP contribution in [0.2, 0.25) is 0 Å². The van der Waals surface area contributed by atoms with Gasteiger partial charge in [-0.2, -0.15) is 0 Å². The summed E-state index contributed by atoms with van der Waals surface area (Å²) < 4.78 is 5.27. The van der Waals surface area contributed by atoms with Gasteiger partial charge in [-0.1, -0.05) is 31.2 Å². The van der Waals surface area contributed by atoms with Gasteiger partial charge in [0.2, 0.25) is 11.8 Å². The van der Waals surface area contributed by atoms with Crippen LogP contribution in [0.3, 0.4) is 0 Å². The van der Waals surface area contributed by atoms with Crippen LogP contribution in [0, 0.1) is 17.8 Å². The predicted octanol–water partition coefficient (Wildman–Crippen LogP) is 2.40. The molecule has 2 aliphatic rings. The number of methoxy groups -OCH3 is 1. The molecule has 1 heterocycles. The number of fused-ring (bicyclic) bond motifs is 1. The first-order valence-electron chi connectivity index (χ1n) is 6.82. The van der Waals surface area contributed by atoms with Gasteiger partial charge in [0.25, 0.3) is 0 Å². The Bertz CT molecular complexity index is 593. The van der Waals surface area contributed by atoms with E-state index in [0.717, 1.165) is 0 Å². The van der Waals surface area contributed by atoms with E-state index < -0.39 is 0 Å². The van der Waals surface area contributed by atoms with E-state index in [4.69, 9.17) is 4.74 Å². The summed E-state index contributed by atoms with van der Waals surface area (Å²) >= 11 is 0. The van der Waals surface area contributed by atoms with Gasteiger partial charge in [-0.15, -0.1) is 0 Å². The number of allylic oxidation sites excluding steroid dienone is 2. The number of hydrogen-bond donors (Lipinski definition) is 0. The van der Waals surface area contributed by atoms with Crippen molar-refractivity contribution in [3.8, 4) is 5.75 Å². The number of nitrogens with zero attached hydrogens (tertiary/aromatic N) is 1. The summed E-state index contributed by atoms with van der Waals surface area (Å²) in [5, 5.41) is 0. The number of anilines is 1. The standard InChI is InChI=1S/C16H17NO3/c1-10-6-5-7-11-14(10)16(19)17(15(11)18)12-8-3-4-9-13(12)20-2/h3-6,8-11,14H,7H2,1-2H3/t10-,11-,14+/m0/s1. The molecule has 104 valence electrons. The summed E-state index contributed by atoms with van der Waals surface area (Å²) in [6.07, 6.45) is 4.67. The van der Waals surface area contributed by atoms with Crippen molar-refractivity contribution in [1.29, 1.82) is 0 Å². The Kier molecular flexibility index (Phi) is 3.08. The first kappa shape index (κ1) is 12.9. The Morgan fingerprint density at radius 1 is 1.20 bits per heavy atom. The highest BCUT2D eigenvalue weighted by atomic mass is 16.5. The fraction of sp³-hybridized carbons (Fsp3) is 0.375. The first-order chi connectivity index (χ1) is 9.65. The number of hydrogen-bond acceptors (Lipinski definition) is 3. The summed E-state index contributed by atoms with van der Waals surface area (Å²) in [4.78, 5) is 26.5. The van der Waals surface area contributed by atoms with Gasteiger partial charge in [-0.25, -0.2) is 4.90 Å².